The number of hydrogen-bond donors (Lipinski definition) is 3. The van der Waals surface area contributed by atoms with Crippen molar-refractivity contribution in [3.05, 3.63) is 0 Å². The first kappa shape index (κ1) is 12.8. The van der Waals surface area contributed by atoms with Gasteiger partial charge in [-0.05, 0) is 18.8 Å². The fourth-order valence-corrected chi connectivity index (χ4v) is 1.60. The second kappa shape index (κ2) is 5.34. The van der Waals surface area contributed by atoms with Gasteiger partial charge in [0, 0.05) is 27.7 Å². The Morgan fingerprint density at radius 3 is 2.50 bits per heavy atom. The lowest BCUT2D eigenvalue weighted by molar-refractivity contribution is 0.164. The van der Waals surface area contributed by atoms with Crippen molar-refractivity contribution in [2.75, 3.05) is 43.2 Å². The topological polar surface area (TPSA) is 86.2 Å². The summed E-state index contributed by atoms with van der Waals surface area (Å²) in [5.74, 6) is 2.02. The Morgan fingerprint density at radius 1 is 1.28 bits per heavy atom. The summed E-state index contributed by atoms with van der Waals surface area (Å²) in [6.07, 6.45) is 1.91. The first-order valence-corrected chi connectivity index (χ1v) is 6.13. The Balaban J connectivity index is 2.03. The summed E-state index contributed by atoms with van der Waals surface area (Å²) in [5.41, 5.74) is 0. The van der Waals surface area contributed by atoms with Gasteiger partial charge >= 0.3 is 0 Å². The zero-order chi connectivity index (χ0) is 13.1. The maximum Gasteiger partial charge on any atom is 0.231 e. The lowest BCUT2D eigenvalue weighted by Gasteiger charge is -2.14. The molecule has 3 N–H and O–H groups in total. The van der Waals surface area contributed by atoms with Gasteiger partial charge in [0.05, 0.1) is 6.10 Å². The van der Waals surface area contributed by atoms with Crippen molar-refractivity contribution in [2.24, 2.45) is 5.92 Å². The van der Waals surface area contributed by atoms with Gasteiger partial charge in [0.2, 0.25) is 17.8 Å². The first-order chi connectivity index (χ1) is 8.60. The minimum absolute atomic E-state index is 0.317. The predicted molar refractivity (Wildman–Crippen MR) is 70.9 cm³/mol. The molecule has 1 fully saturated rings. The molecule has 0 bridgehead atoms. The van der Waals surface area contributed by atoms with Crippen LogP contribution in [0.25, 0.3) is 0 Å². The highest BCUT2D eigenvalue weighted by Crippen LogP contribution is 2.32. The summed E-state index contributed by atoms with van der Waals surface area (Å²) < 4.78 is 0. The molecule has 2 rings (SSSR count). The predicted octanol–water partition coefficient (Wildman–Crippen LogP) is 0.162. The minimum atomic E-state index is -0.317. The Bertz CT molecular complexity index is 407. The van der Waals surface area contributed by atoms with Crippen LogP contribution >= 0.6 is 0 Å². The fourth-order valence-electron chi connectivity index (χ4n) is 1.60. The lowest BCUT2D eigenvalue weighted by Crippen LogP contribution is -2.23. The van der Waals surface area contributed by atoms with E-state index in [0.717, 1.165) is 12.8 Å². The molecule has 7 heteroatoms. The van der Waals surface area contributed by atoms with E-state index < -0.39 is 0 Å². The maximum atomic E-state index is 9.80. The van der Waals surface area contributed by atoms with E-state index in [0.29, 0.717) is 30.3 Å². The average Bonchev–Trinajstić information content (AvgIpc) is 3.19. The number of nitrogens with zero attached hydrogens (tertiary/aromatic N) is 4. The van der Waals surface area contributed by atoms with Gasteiger partial charge in [-0.3, -0.25) is 0 Å². The third-order valence-electron chi connectivity index (χ3n) is 2.88. The maximum absolute atomic E-state index is 9.80. The molecular formula is C11H20N6O. The fraction of sp³-hybridized carbons (Fsp3) is 0.727. The Morgan fingerprint density at radius 2 is 1.94 bits per heavy atom. The molecule has 0 radical (unpaired) electrons. The number of rotatable bonds is 6. The van der Waals surface area contributed by atoms with Crippen LogP contribution < -0.4 is 15.5 Å². The van der Waals surface area contributed by atoms with Crippen LogP contribution in [0.3, 0.4) is 0 Å². The van der Waals surface area contributed by atoms with Gasteiger partial charge in [0.15, 0.2) is 0 Å². The summed E-state index contributed by atoms with van der Waals surface area (Å²) >= 11 is 0. The highest BCUT2D eigenvalue weighted by atomic mass is 16.3. The zero-order valence-electron chi connectivity index (χ0n) is 11.0. The first-order valence-electron chi connectivity index (χ1n) is 6.13. The van der Waals surface area contributed by atoms with Crippen LogP contribution in [0.15, 0.2) is 0 Å². The summed E-state index contributed by atoms with van der Waals surface area (Å²) in [7, 11) is 5.51. The van der Waals surface area contributed by atoms with Crippen molar-refractivity contribution < 1.29 is 5.11 Å². The van der Waals surface area contributed by atoms with Gasteiger partial charge in [-0.15, -0.1) is 0 Å². The van der Waals surface area contributed by atoms with Gasteiger partial charge in [0.25, 0.3) is 0 Å². The monoisotopic (exact) mass is 252 g/mol. The largest absolute Gasteiger partial charge is 0.391 e. The van der Waals surface area contributed by atoms with E-state index in [9.17, 15) is 5.11 Å². The normalized spacial score (nSPS) is 16.2. The van der Waals surface area contributed by atoms with Crippen molar-refractivity contribution in [1.29, 1.82) is 0 Å². The van der Waals surface area contributed by atoms with Crippen LogP contribution in [0, 0.1) is 5.92 Å². The van der Waals surface area contributed by atoms with Crippen LogP contribution in [0.1, 0.15) is 12.8 Å². The zero-order valence-corrected chi connectivity index (χ0v) is 11.0. The molecule has 1 aromatic rings. The molecule has 0 saturated heterocycles. The number of nitrogens with one attached hydrogen (secondary N) is 2. The van der Waals surface area contributed by atoms with E-state index in [2.05, 4.69) is 25.6 Å². The highest BCUT2D eigenvalue weighted by Gasteiger charge is 2.29. The highest BCUT2D eigenvalue weighted by molar-refractivity contribution is 5.42. The standard InChI is InChI=1S/C11H20N6O/c1-12-9-14-10(16-11(15-9)17(2)3)13-6-8(18)7-4-5-7/h7-8,18H,4-6H2,1-3H3,(H2,12,13,14,15,16). The van der Waals surface area contributed by atoms with E-state index in [1.807, 2.05) is 19.0 Å². The lowest BCUT2D eigenvalue weighted by atomic mass is 10.2. The van der Waals surface area contributed by atoms with Crippen LogP contribution in [-0.2, 0) is 0 Å². The number of anilines is 3. The van der Waals surface area contributed by atoms with Crippen LogP contribution in [0.4, 0.5) is 17.8 Å². The minimum Gasteiger partial charge on any atom is -0.391 e. The molecule has 1 heterocycles. The third kappa shape index (κ3) is 3.19. The van der Waals surface area contributed by atoms with Gasteiger partial charge in [-0.25, -0.2) is 0 Å². The van der Waals surface area contributed by atoms with Crippen LogP contribution in [0.5, 0.6) is 0 Å². The second-order valence-corrected chi connectivity index (χ2v) is 4.71. The molecule has 100 valence electrons. The Hall–Kier alpha value is -1.63. The smallest absolute Gasteiger partial charge is 0.231 e. The molecule has 7 nitrogen and oxygen atoms in total. The van der Waals surface area contributed by atoms with Crippen molar-refractivity contribution in [3.8, 4) is 0 Å². The third-order valence-corrected chi connectivity index (χ3v) is 2.88. The van der Waals surface area contributed by atoms with E-state index in [4.69, 9.17) is 0 Å². The van der Waals surface area contributed by atoms with Crippen molar-refractivity contribution in [3.63, 3.8) is 0 Å². The summed E-state index contributed by atoms with van der Waals surface area (Å²) in [6, 6.07) is 0. The molecule has 0 aliphatic heterocycles. The molecule has 0 spiro atoms. The molecule has 1 aromatic heterocycles. The molecule has 18 heavy (non-hydrogen) atoms. The van der Waals surface area contributed by atoms with Gasteiger partial charge < -0.3 is 20.6 Å². The van der Waals surface area contributed by atoms with Crippen LogP contribution in [0.2, 0.25) is 0 Å². The molecular weight excluding hydrogens is 232 g/mol. The van der Waals surface area contributed by atoms with Crippen LogP contribution in [-0.4, -0.2) is 53.9 Å². The molecule has 1 atom stereocenters. The SMILES string of the molecule is CNc1nc(NCC(O)C2CC2)nc(N(C)C)n1. The number of hydrogen-bond acceptors (Lipinski definition) is 7. The molecule has 1 saturated carbocycles. The summed E-state index contributed by atoms with van der Waals surface area (Å²) in [4.78, 5) is 14.5. The van der Waals surface area contributed by atoms with E-state index in [1.54, 1.807) is 7.05 Å². The van der Waals surface area contributed by atoms with Crippen molar-refractivity contribution in [1.82, 2.24) is 15.0 Å². The number of aliphatic hydroxyl groups is 1. The molecule has 1 unspecified atom stereocenters. The van der Waals surface area contributed by atoms with Gasteiger partial charge in [-0.2, -0.15) is 15.0 Å². The second-order valence-electron chi connectivity index (χ2n) is 4.71. The van der Waals surface area contributed by atoms with E-state index in [1.165, 1.54) is 0 Å². The van der Waals surface area contributed by atoms with E-state index in [-0.39, 0.29) is 6.10 Å². The van der Waals surface area contributed by atoms with Crippen molar-refractivity contribution in [2.45, 2.75) is 18.9 Å². The van der Waals surface area contributed by atoms with E-state index >= 15 is 0 Å². The average molecular weight is 252 g/mol. The van der Waals surface area contributed by atoms with Gasteiger partial charge in [0.1, 0.15) is 0 Å². The van der Waals surface area contributed by atoms with Crippen molar-refractivity contribution >= 4 is 17.8 Å². The molecule has 0 aromatic carbocycles. The Kier molecular flexibility index (Phi) is 3.81. The summed E-state index contributed by atoms with van der Waals surface area (Å²) in [5, 5.41) is 15.7. The molecule has 1 aliphatic carbocycles. The Labute approximate surface area is 107 Å². The summed E-state index contributed by atoms with van der Waals surface area (Å²) in [6.45, 7) is 0.477. The quantitative estimate of drug-likeness (QED) is 0.665. The van der Waals surface area contributed by atoms with Gasteiger partial charge in [-0.1, -0.05) is 0 Å². The number of aliphatic hydroxyl groups excluding tert-OH is 1. The number of aromatic nitrogens is 3. The molecule has 0 amide bonds. The molecule has 1 aliphatic rings.